The lowest BCUT2D eigenvalue weighted by Gasteiger charge is -2.26. The van der Waals surface area contributed by atoms with Crippen molar-refractivity contribution in [3.63, 3.8) is 0 Å². The molecule has 26 heavy (non-hydrogen) atoms. The van der Waals surface area contributed by atoms with Gasteiger partial charge in [-0.05, 0) is 29.5 Å². The highest BCUT2D eigenvalue weighted by atomic mass is 28.2. The number of rotatable bonds is 4. The molecule has 0 N–H and O–H groups in total. The number of hydrogen-bond donors (Lipinski definition) is 0. The van der Waals surface area contributed by atoms with Crippen molar-refractivity contribution in [2.45, 2.75) is 45.6 Å². The number of aryl methyl sites for hydroxylation is 1. The highest BCUT2D eigenvalue weighted by molar-refractivity contribution is 6.53. The minimum atomic E-state index is -1.13. The van der Waals surface area contributed by atoms with Crippen LogP contribution >= 0.6 is 0 Å². The quantitative estimate of drug-likeness (QED) is 0.502. The first kappa shape index (κ1) is 19.1. The Morgan fingerprint density at radius 3 is 2.04 bits per heavy atom. The smallest absolute Gasteiger partial charge is 0.167 e. The number of halogens is 4. The van der Waals surface area contributed by atoms with E-state index in [0.717, 1.165) is 12.0 Å². The average Bonchev–Trinajstić information content (AvgIpc) is 2.63. The number of hydrogen-bond acceptors (Lipinski definition) is 0. The molecule has 0 aliphatic heterocycles. The third-order valence-electron chi connectivity index (χ3n) is 5.69. The molecule has 0 radical (unpaired) electrons. The molecule has 0 bridgehead atoms. The molecule has 0 heterocycles. The van der Waals surface area contributed by atoms with Crippen LogP contribution in [0.15, 0.2) is 24.3 Å². The third kappa shape index (κ3) is 3.87. The molecule has 1 aliphatic rings. The van der Waals surface area contributed by atoms with Crippen molar-refractivity contribution < 1.29 is 17.6 Å². The van der Waals surface area contributed by atoms with E-state index in [2.05, 4.69) is 6.92 Å². The molecule has 0 saturated heterocycles. The van der Waals surface area contributed by atoms with Crippen LogP contribution < -0.4 is 5.19 Å². The Balaban J connectivity index is 1.80. The van der Waals surface area contributed by atoms with Crippen LogP contribution in [0.5, 0.6) is 0 Å². The first-order valence-corrected chi connectivity index (χ1v) is 11.0. The van der Waals surface area contributed by atoms with E-state index in [-0.39, 0.29) is 16.7 Å². The second-order valence-electron chi connectivity index (χ2n) is 7.62. The molecule has 1 aliphatic carbocycles. The summed E-state index contributed by atoms with van der Waals surface area (Å²) in [6.45, 7) is 3.69. The summed E-state index contributed by atoms with van der Waals surface area (Å²) in [4.78, 5) is 0. The van der Waals surface area contributed by atoms with Gasteiger partial charge in [0.2, 0.25) is 0 Å². The predicted molar refractivity (Wildman–Crippen MR) is 101 cm³/mol. The summed E-state index contributed by atoms with van der Waals surface area (Å²) < 4.78 is 56.9. The molecule has 0 atom stereocenters. The largest absolute Gasteiger partial charge is 0.204 e. The maximum absolute atomic E-state index is 14.5. The second-order valence-corrected chi connectivity index (χ2v) is 9.46. The van der Waals surface area contributed by atoms with Crippen LogP contribution in [0.4, 0.5) is 17.6 Å². The van der Waals surface area contributed by atoms with Gasteiger partial charge in [0.05, 0.1) is 9.52 Å². The lowest BCUT2D eigenvalue weighted by atomic mass is 9.84. The molecule has 3 rings (SSSR count). The fraction of sp³-hybridized carbons (Fsp3) is 0.429. The lowest BCUT2D eigenvalue weighted by molar-refractivity contribution is 0.307. The maximum atomic E-state index is 14.5. The summed E-state index contributed by atoms with van der Waals surface area (Å²) in [7, 11) is -0.926. The van der Waals surface area contributed by atoms with Crippen LogP contribution in [0, 0.1) is 42.0 Å². The van der Waals surface area contributed by atoms with Gasteiger partial charge in [0.15, 0.2) is 23.3 Å². The van der Waals surface area contributed by atoms with E-state index in [1.54, 1.807) is 6.07 Å². The Hall–Kier alpha value is -1.62. The van der Waals surface area contributed by atoms with Crippen LogP contribution in [-0.2, 0) is 0 Å². The van der Waals surface area contributed by atoms with Crippen molar-refractivity contribution in [3.05, 3.63) is 53.1 Å². The van der Waals surface area contributed by atoms with Gasteiger partial charge in [0.1, 0.15) is 0 Å². The Kier molecular flexibility index (Phi) is 5.85. The molecule has 1 saturated carbocycles. The predicted octanol–water partition coefficient (Wildman–Crippen LogP) is 5.26. The zero-order valence-corrected chi connectivity index (χ0v) is 16.6. The van der Waals surface area contributed by atoms with E-state index in [0.29, 0.717) is 11.1 Å². The van der Waals surface area contributed by atoms with Gasteiger partial charge in [-0.15, -0.1) is 0 Å². The molecule has 5 heteroatoms. The third-order valence-corrected chi connectivity index (χ3v) is 7.88. The molecule has 0 spiro atoms. The van der Waals surface area contributed by atoms with Gasteiger partial charge in [-0.2, -0.15) is 0 Å². The SMILES string of the molecule is Cc1ccc(-c2ccc([SiH2]CC3CCC(C)CC3)c(F)c2F)c(F)c1F. The molecule has 2 aromatic carbocycles. The van der Waals surface area contributed by atoms with Crippen LogP contribution in [0.2, 0.25) is 6.04 Å². The van der Waals surface area contributed by atoms with E-state index in [9.17, 15) is 17.6 Å². The Morgan fingerprint density at radius 1 is 0.808 bits per heavy atom. The van der Waals surface area contributed by atoms with Crippen molar-refractivity contribution in [3.8, 4) is 11.1 Å². The van der Waals surface area contributed by atoms with Crippen molar-refractivity contribution in [2.75, 3.05) is 0 Å². The van der Waals surface area contributed by atoms with Crippen molar-refractivity contribution in [1.29, 1.82) is 0 Å². The van der Waals surface area contributed by atoms with E-state index in [1.807, 2.05) is 0 Å². The zero-order chi connectivity index (χ0) is 18.8. The number of benzene rings is 2. The minimum absolute atomic E-state index is 0.137. The van der Waals surface area contributed by atoms with Gasteiger partial charge in [-0.1, -0.05) is 62.9 Å². The molecule has 140 valence electrons. The molecular weight excluding hydrogens is 356 g/mol. The van der Waals surface area contributed by atoms with Crippen LogP contribution in [-0.4, -0.2) is 9.52 Å². The first-order valence-electron chi connectivity index (χ1n) is 9.30. The maximum Gasteiger partial charge on any atom is 0.167 e. The van der Waals surface area contributed by atoms with Crippen molar-refractivity contribution in [1.82, 2.24) is 0 Å². The van der Waals surface area contributed by atoms with Gasteiger partial charge in [0, 0.05) is 11.1 Å². The van der Waals surface area contributed by atoms with Crippen molar-refractivity contribution >= 4 is 14.7 Å². The molecule has 2 aromatic rings. The Labute approximate surface area is 154 Å². The fourth-order valence-corrected chi connectivity index (χ4v) is 5.78. The highest BCUT2D eigenvalue weighted by Gasteiger charge is 2.22. The van der Waals surface area contributed by atoms with Crippen LogP contribution in [0.25, 0.3) is 11.1 Å². The lowest BCUT2D eigenvalue weighted by Crippen LogP contribution is -2.24. The second kappa shape index (κ2) is 7.95. The average molecular weight is 381 g/mol. The summed E-state index contributed by atoms with van der Waals surface area (Å²) in [6.07, 6.45) is 4.77. The van der Waals surface area contributed by atoms with E-state index >= 15 is 0 Å². The fourth-order valence-electron chi connectivity index (χ4n) is 3.82. The summed E-state index contributed by atoms with van der Waals surface area (Å²) >= 11 is 0. The van der Waals surface area contributed by atoms with Crippen LogP contribution in [0.3, 0.4) is 0 Å². The van der Waals surface area contributed by atoms with E-state index in [1.165, 1.54) is 50.8 Å². The molecule has 1 fully saturated rings. The Bertz CT molecular complexity index is 795. The highest BCUT2D eigenvalue weighted by Crippen LogP contribution is 2.31. The van der Waals surface area contributed by atoms with Gasteiger partial charge >= 0.3 is 0 Å². The van der Waals surface area contributed by atoms with Gasteiger partial charge in [-0.25, -0.2) is 17.6 Å². The van der Waals surface area contributed by atoms with E-state index in [4.69, 9.17) is 0 Å². The summed E-state index contributed by atoms with van der Waals surface area (Å²) in [5.74, 6) is -2.74. The Morgan fingerprint density at radius 2 is 1.38 bits per heavy atom. The summed E-state index contributed by atoms with van der Waals surface area (Å²) in [6, 6.07) is 6.58. The zero-order valence-electron chi connectivity index (χ0n) is 15.2. The molecule has 0 aromatic heterocycles. The molecule has 0 unspecified atom stereocenters. The van der Waals surface area contributed by atoms with E-state index < -0.39 is 32.8 Å². The van der Waals surface area contributed by atoms with Gasteiger partial charge in [-0.3, -0.25) is 0 Å². The standard InChI is InChI=1S/C21H24F4Si/c1-12-3-6-14(7-4-12)11-26-17-10-9-16(20(24)21(17)25)15-8-5-13(2)18(22)19(15)23/h5,8-10,12,14H,3-4,6-7,11,26H2,1-2H3. The van der Waals surface area contributed by atoms with Crippen LogP contribution in [0.1, 0.15) is 38.2 Å². The molecular formula is C21H24F4Si. The monoisotopic (exact) mass is 380 g/mol. The topological polar surface area (TPSA) is 0 Å². The van der Waals surface area contributed by atoms with Crippen molar-refractivity contribution in [2.24, 2.45) is 11.8 Å². The normalized spacial score (nSPS) is 20.8. The summed E-state index contributed by atoms with van der Waals surface area (Å²) in [5, 5.41) is 0.442. The first-order chi connectivity index (χ1) is 12.4. The molecule has 0 nitrogen and oxygen atoms in total. The molecule has 0 amide bonds. The van der Waals surface area contributed by atoms with Gasteiger partial charge in [0.25, 0.3) is 0 Å². The summed E-state index contributed by atoms with van der Waals surface area (Å²) in [5.41, 5.74) is -0.319. The minimum Gasteiger partial charge on any atom is -0.204 e. The van der Waals surface area contributed by atoms with Gasteiger partial charge < -0.3 is 0 Å².